The summed E-state index contributed by atoms with van der Waals surface area (Å²) in [7, 11) is 0. The zero-order valence-corrected chi connectivity index (χ0v) is 17.1. The molecule has 136 valence electrons. The number of halogens is 2. The van der Waals surface area contributed by atoms with Gasteiger partial charge in [-0.15, -0.1) is 15.3 Å². The van der Waals surface area contributed by atoms with Crippen LogP contribution in [0.15, 0.2) is 65.3 Å². The van der Waals surface area contributed by atoms with Gasteiger partial charge in [-0.05, 0) is 52.2 Å². The van der Waals surface area contributed by atoms with Crippen molar-refractivity contribution in [3.63, 3.8) is 0 Å². The highest BCUT2D eigenvalue weighted by atomic mass is 79.9. The van der Waals surface area contributed by atoms with Gasteiger partial charge >= 0.3 is 0 Å². The van der Waals surface area contributed by atoms with E-state index in [1.54, 1.807) is 0 Å². The van der Waals surface area contributed by atoms with Gasteiger partial charge in [0.25, 0.3) is 0 Å². The van der Waals surface area contributed by atoms with Crippen molar-refractivity contribution in [2.75, 3.05) is 0 Å². The number of hydrogen-bond donors (Lipinski definition) is 0. The first-order chi connectivity index (χ1) is 13.6. The molecule has 0 spiro atoms. The molecule has 0 N–H and O–H groups in total. The van der Waals surface area contributed by atoms with Crippen LogP contribution in [0, 0.1) is 6.92 Å². The van der Waals surface area contributed by atoms with E-state index in [9.17, 15) is 0 Å². The summed E-state index contributed by atoms with van der Waals surface area (Å²) in [5, 5.41) is 15.1. The van der Waals surface area contributed by atoms with Crippen molar-refractivity contribution in [1.29, 1.82) is 0 Å². The predicted octanol–water partition coefficient (Wildman–Crippen LogP) is 5.73. The van der Waals surface area contributed by atoms with Gasteiger partial charge in [0.1, 0.15) is 5.69 Å². The highest BCUT2D eigenvalue weighted by molar-refractivity contribution is 9.10. The zero-order chi connectivity index (χ0) is 19.3. The largest absolute Gasteiger partial charge is 0.232 e. The summed E-state index contributed by atoms with van der Waals surface area (Å²) in [6.45, 7) is 1.96. The molecular formula is C21H13BrClN5. The van der Waals surface area contributed by atoms with Crippen molar-refractivity contribution >= 4 is 44.2 Å². The van der Waals surface area contributed by atoms with Crippen molar-refractivity contribution in [3.05, 3.63) is 76.0 Å². The van der Waals surface area contributed by atoms with Gasteiger partial charge in [0, 0.05) is 16.3 Å². The molecule has 0 aliphatic heterocycles. The fourth-order valence-corrected chi connectivity index (χ4v) is 3.97. The smallest absolute Gasteiger partial charge is 0.188 e. The first kappa shape index (κ1) is 17.3. The molecule has 0 atom stereocenters. The number of fused-ring (bicyclic) bond motifs is 3. The molecule has 0 saturated carbocycles. The van der Waals surface area contributed by atoms with E-state index in [1.165, 1.54) is 0 Å². The lowest BCUT2D eigenvalue weighted by Crippen LogP contribution is -2.00. The summed E-state index contributed by atoms with van der Waals surface area (Å²) in [4.78, 5) is 4.64. The fraction of sp³-hybridized carbons (Fsp3) is 0.0476. The van der Waals surface area contributed by atoms with Crippen LogP contribution in [-0.2, 0) is 0 Å². The van der Waals surface area contributed by atoms with E-state index in [-0.39, 0.29) is 0 Å². The van der Waals surface area contributed by atoms with Crippen LogP contribution in [-0.4, -0.2) is 24.8 Å². The van der Waals surface area contributed by atoms with E-state index in [0.717, 1.165) is 33.5 Å². The molecule has 28 heavy (non-hydrogen) atoms. The van der Waals surface area contributed by atoms with Crippen LogP contribution in [0.1, 0.15) is 5.69 Å². The van der Waals surface area contributed by atoms with E-state index >= 15 is 0 Å². The van der Waals surface area contributed by atoms with Crippen LogP contribution in [0.3, 0.4) is 0 Å². The molecule has 0 amide bonds. The van der Waals surface area contributed by atoms with Crippen LogP contribution in [0.2, 0.25) is 5.02 Å². The Balaban J connectivity index is 1.89. The van der Waals surface area contributed by atoms with Gasteiger partial charge in [0.05, 0.1) is 5.39 Å². The lowest BCUT2D eigenvalue weighted by molar-refractivity contribution is 0.889. The Morgan fingerprint density at radius 3 is 2.43 bits per heavy atom. The maximum absolute atomic E-state index is 6.07. The van der Waals surface area contributed by atoms with Gasteiger partial charge in [-0.2, -0.15) is 0 Å². The molecule has 0 fully saturated rings. The van der Waals surface area contributed by atoms with Crippen LogP contribution in [0.5, 0.6) is 0 Å². The molecule has 0 radical (unpaired) electrons. The predicted molar refractivity (Wildman–Crippen MR) is 114 cm³/mol. The molecule has 3 aromatic heterocycles. The highest BCUT2D eigenvalue weighted by Crippen LogP contribution is 2.34. The first-order valence-corrected chi connectivity index (χ1v) is 9.82. The van der Waals surface area contributed by atoms with Crippen molar-refractivity contribution in [3.8, 4) is 22.4 Å². The number of nitrogens with zero attached hydrogens (tertiary/aromatic N) is 5. The maximum Gasteiger partial charge on any atom is 0.188 e. The highest BCUT2D eigenvalue weighted by Gasteiger charge is 2.19. The summed E-state index contributed by atoms with van der Waals surface area (Å²) in [5.74, 6) is 0. The number of rotatable bonds is 2. The molecule has 5 rings (SSSR count). The quantitative estimate of drug-likeness (QED) is 0.344. The third-order valence-electron chi connectivity index (χ3n) is 4.59. The molecule has 0 aliphatic rings. The lowest BCUT2D eigenvalue weighted by Gasteiger charge is -2.07. The van der Waals surface area contributed by atoms with Gasteiger partial charge in [0.15, 0.2) is 15.9 Å². The molecule has 0 saturated heterocycles. The van der Waals surface area contributed by atoms with Crippen LogP contribution in [0.25, 0.3) is 39.1 Å². The van der Waals surface area contributed by atoms with Gasteiger partial charge in [-0.1, -0.05) is 54.1 Å². The topological polar surface area (TPSA) is 56.0 Å². The van der Waals surface area contributed by atoms with Crippen molar-refractivity contribution < 1.29 is 0 Å². The summed E-state index contributed by atoms with van der Waals surface area (Å²) in [5.41, 5.74) is 6.04. The Morgan fingerprint density at radius 2 is 1.68 bits per heavy atom. The minimum Gasteiger partial charge on any atom is -0.232 e. The van der Waals surface area contributed by atoms with Crippen LogP contribution in [0.4, 0.5) is 0 Å². The molecule has 5 aromatic rings. The summed E-state index contributed by atoms with van der Waals surface area (Å²) in [6.07, 6.45) is 0. The Morgan fingerprint density at radius 1 is 0.929 bits per heavy atom. The van der Waals surface area contributed by atoms with Crippen LogP contribution >= 0.6 is 27.5 Å². The van der Waals surface area contributed by atoms with Crippen molar-refractivity contribution in [1.82, 2.24) is 24.8 Å². The van der Waals surface area contributed by atoms with Gasteiger partial charge in [-0.3, -0.25) is 0 Å². The number of aryl methyl sites for hydroxylation is 1. The first-order valence-electron chi connectivity index (χ1n) is 8.65. The van der Waals surface area contributed by atoms with Crippen molar-refractivity contribution in [2.24, 2.45) is 0 Å². The zero-order valence-electron chi connectivity index (χ0n) is 14.8. The number of hydrogen-bond acceptors (Lipinski definition) is 4. The Hall–Kier alpha value is -2.83. The van der Waals surface area contributed by atoms with Gasteiger partial charge < -0.3 is 0 Å². The van der Waals surface area contributed by atoms with Crippen molar-refractivity contribution in [2.45, 2.75) is 6.92 Å². The third-order valence-corrected chi connectivity index (χ3v) is 5.38. The van der Waals surface area contributed by atoms with E-state index in [1.807, 2.05) is 72.1 Å². The number of aromatic nitrogens is 5. The molecule has 5 nitrogen and oxygen atoms in total. The standard InChI is InChI=1S/C21H13BrClN5/c1-12-11-16(13-7-9-15(23)10-8-13)17-20(24-12)27-28-18(14-5-3-2-4-6-14)19(22)25-26-21(17)28/h2-11H,1H3. The van der Waals surface area contributed by atoms with E-state index < -0.39 is 0 Å². The molecule has 0 unspecified atom stereocenters. The van der Waals surface area contributed by atoms with Gasteiger partial charge in [-0.25, -0.2) is 9.50 Å². The second-order valence-electron chi connectivity index (χ2n) is 6.46. The average Bonchev–Trinajstić information content (AvgIpc) is 3.06. The number of benzene rings is 2. The Kier molecular flexibility index (Phi) is 4.10. The van der Waals surface area contributed by atoms with E-state index in [0.29, 0.717) is 20.9 Å². The van der Waals surface area contributed by atoms with Gasteiger partial charge in [0.2, 0.25) is 0 Å². The SMILES string of the molecule is Cc1cc(-c2ccc(Cl)cc2)c2c(n1)nn1c(-c3ccccc3)c(Br)nnc21. The monoisotopic (exact) mass is 449 g/mol. The Bertz CT molecular complexity index is 1330. The normalized spacial score (nSPS) is 11.4. The summed E-state index contributed by atoms with van der Waals surface area (Å²) in [6, 6.07) is 19.8. The average molecular weight is 451 g/mol. The Labute approximate surface area is 174 Å². The van der Waals surface area contributed by atoms with Crippen LogP contribution < -0.4 is 0 Å². The molecule has 3 heterocycles. The third kappa shape index (κ3) is 2.77. The lowest BCUT2D eigenvalue weighted by atomic mass is 10.0. The summed E-state index contributed by atoms with van der Waals surface area (Å²) < 4.78 is 2.44. The fourth-order valence-electron chi connectivity index (χ4n) is 3.37. The maximum atomic E-state index is 6.07. The second kappa shape index (κ2) is 6.65. The molecular weight excluding hydrogens is 438 g/mol. The van der Waals surface area contributed by atoms with E-state index in [2.05, 4.69) is 31.1 Å². The minimum atomic E-state index is 0.628. The summed E-state index contributed by atoms with van der Waals surface area (Å²) >= 11 is 9.60. The number of pyridine rings is 1. The molecule has 0 bridgehead atoms. The second-order valence-corrected chi connectivity index (χ2v) is 7.65. The molecule has 7 heteroatoms. The van der Waals surface area contributed by atoms with E-state index in [4.69, 9.17) is 16.7 Å². The minimum absolute atomic E-state index is 0.628. The molecule has 0 aliphatic carbocycles. The molecule has 2 aromatic carbocycles.